The molecule has 0 radical (unpaired) electrons. The van der Waals surface area contributed by atoms with E-state index in [1.807, 2.05) is 31.4 Å². The molecule has 0 amide bonds. The molecule has 1 aromatic carbocycles. The summed E-state index contributed by atoms with van der Waals surface area (Å²) < 4.78 is 0. The molecule has 0 bridgehead atoms. The van der Waals surface area contributed by atoms with Crippen molar-refractivity contribution >= 4 is 22.8 Å². The number of benzene rings is 1. The Balaban J connectivity index is 1.68. The van der Waals surface area contributed by atoms with Gasteiger partial charge in [0.2, 0.25) is 0 Å². The maximum Gasteiger partial charge on any atom is 0.275 e. The maximum atomic E-state index is 11.7. The van der Waals surface area contributed by atoms with Crippen LogP contribution in [0, 0.1) is 0 Å². The van der Waals surface area contributed by atoms with E-state index in [4.69, 9.17) is 0 Å². The number of nitrogens with one attached hydrogen (secondary N) is 2. The van der Waals surface area contributed by atoms with E-state index in [9.17, 15) is 9.90 Å². The van der Waals surface area contributed by atoms with E-state index in [1.165, 1.54) is 11.2 Å². The number of likely N-dealkylation sites (N-methyl/N-ethyl adjacent to an activating group) is 1. The van der Waals surface area contributed by atoms with Gasteiger partial charge in [0.1, 0.15) is 5.52 Å². The number of thioether (sulfide) groups is 1. The predicted octanol–water partition coefficient (Wildman–Crippen LogP) is 1.84. The maximum absolute atomic E-state index is 11.7. The van der Waals surface area contributed by atoms with Gasteiger partial charge >= 0.3 is 0 Å². The van der Waals surface area contributed by atoms with Crippen molar-refractivity contribution in [3.8, 4) is 0 Å². The van der Waals surface area contributed by atoms with Crippen LogP contribution in [0.5, 0.6) is 0 Å². The molecule has 1 atom stereocenters. The first kappa shape index (κ1) is 16.8. The topological polar surface area (TPSA) is 85.0 Å². The average molecular weight is 344 g/mol. The quantitative estimate of drug-likeness (QED) is 0.570. The van der Waals surface area contributed by atoms with E-state index in [-0.39, 0.29) is 18.2 Å². The van der Waals surface area contributed by atoms with Gasteiger partial charge in [-0.25, -0.2) is 4.98 Å². The summed E-state index contributed by atoms with van der Waals surface area (Å²) in [5.74, 6) is 0.785. The highest BCUT2D eigenvalue weighted by molar-refractivity contribution is 7.99. The van der Waals surface area contributed by atoms with Crippen LogP contribution in [0.15, 0.2) is 52.5 Å². The van der Waals surface area contributed by atoms with E-state index in [0.29, 0.717) is 17.6 Å². The Morgan fingerprint density at radius 3 is 2.83 bits per heavy atom. The van der Waals surface area contributed by atoms with Crippen molar-refractivity contribution in [2.24, 2.45) is 0 Å². The second-order valence-corrected chi connectivity index (χ2v) is 6.74. The number of fused-ring (bicyclic) bond motifs is 1. The molecular weight excluding hydrogens is 324 g/mol. The van der Waals surface area contributed by atoms with Gasteiger partial charge < -0.3 is 15.1 Å². The minimum atomic E-state index is -0.174. The van der Waals surface area contributed by atoms with E-state index in [2.05, 4.69) is 32.0 Å². The fourth-order valence-corrected chi connectivity index (χ4v) is 3.65. The lowest BCUT2D eigenvalue weighted by Crippen LogP contribution is -2.36. The van der Waals surface area contributed by atoms with Crippen LogP contribution < -0.4 is 5.56 Å². The number of rotatable bonds is 7. The number of hydrogen-bond acceptors (Lipinski definition) is 5. The highest BCUT2D eigenvalue weighted by atomic mass is 32.2. The highest BCUT2D eigenvalue weighted by Crippen LogP contribution is 2.21. The van der Waals surface area contributed by atoms with Crippen molar-refractivity contribution in [3.63, 3.8) is 0 Å². The van der Waals surface area contributed by atoms with E-state index >= 15 is 0 Å². The number of aliphatic hydroxyl groups is 1. The second-order valence-electron chi connectivity index (χ2n) is 5.64. The third kappa shape index (κ3) is 3.69. The molecular formula is C17H20N4O2S. The van der Waals surface area contributed by atoms with Gasteiger partial charge in [-0.1, -0.05) is 18.2 Å². The van der Waals surface area contributed by atoms with Crippen LogP contribution >= 0.6 is 11.8 Å². The van der Waals surface area contributed by atoms with Crippen LogP contribution in [0.1, 0.15) is 5.56 Å². The van der Waals surface area contributed by atoms with Crippen LogP contribution in [0.4, 0.5) is 0 Å². The average Bonchev–Trinajstić information content (AvgIpc) is 3.01. The number of H-pyrrole nitrogens is 2. The Hall–Kier alpha value is -2.09. The molecule has 0 unspecified atom stereocenters. The third-order valence-corrected chi connectivity index (χ3v) is 5.14. The zero-order chi connectivity index (χ0) is 16.9. The highest BCUT2D eigenvalue weighted by Gasteiger charge is 2.17. The normalized spacial score (nSPS) is 12.8. The molecule has 2 heterocycles. The lowest BCUT2D eigenvalue weighted by molar-refractivity contribution is 0.157. The molecule has 0 aliphatic rings. The first-order valence-corrected chi connectivity index (χ1v) is 8.70. The largest absolute Gasteiger partial charge is 0.395 e. The third-order valence-electron chi connectivity index (χ3n) is 3.99. The standard InChI is InChI=1S/C17H20N4O2S/c1-21(13(9-22)10-24-14-5-3-2-4-6-14)8-12-7-18-16-15(12)19-11-20-17(16)23/h2-7,11,13,18,22H,8-10H2,1H3,(H,19,20,23)/t13-/m0/s1. The summed E-state index contributed by atoms with van der Waals surface area (Å²) in [7, 11) is 1.97. The van der Waals surface area contributed by atoms with Gasteiger partial charge in [0, 0.05) is 35.0 Å². The molecule has 0 fully saturated rings. The van der Waals surface area contributed by atoms with E-state index in [0.717, 1.165) is 11.3 Å². The first-order chi connectivity index (χ1) is 11.7. The summed E-state index contributed by atoms with van der Waals surface area (Å²) >= 11 is 1.72. The minimum absolute atomic E-state index is 0.0159. The van der Waals surface area contributed by atoms with E-state index < -0.39 is 0 Å². The molecule has 6 nitrogen and oxygen atoms in total. The molecule has 24 heavy (non-hydrogen) atoms. The molecule has 3 aromatic rings. The molecule has 3 N–H and O–H groups in total. The van der Waals surface area contributed by atoms with Gasteiger partial charge in [0.05, 0.1) is 18.5 Å². The summed E-state index contributed by atoms with van der Waals surface area (Å²) in [4.78, 5) is 24.8. The molecule has 0 aliphatic heterocycles. The predicted molar refractivity (Wildman–Crippen MR) is 96.2 cm³/mol. The summed E-state index contributed by atoms with van der Waals surface area (Å²) in [5, 5.41) is 9.73. The van der Waals surface area contributed by atoms with Crippen molar-refractivity contribution in [2.45, 2.75) is 17.5 Å². The van der Waals surface area contributed by atoms with Gasteiger partial charge in [-0.15, -0.1) is 11.8 Å². The van der Waals surface area contributed by atoms with Gasteiger partial charge in [0.25, 0.3) is 5.56 Å². The lowest BCUT2D eigenvalue weighted by Gasteiger charge is -2.25. The Morgan fingerprint density at radius 2 is 2.08 bits per heavy atom. The minimum Gasteiger partial charge on any atom is -0.395 e. The Bertz CT molecular complexity index is 846. The summed E-state index contributed by atoms with van der Waals surface area (Å²) in [6.07, 6.45) is 3.22. The van der Waals surface area contributed by atoms with Gasteiger partial charge in [0.15, 0.2) is 0 Å². The summed E-state index contributed by atoms with van der Waals surface area (Å²) in [6, 6.07) is 10.2. The smallest absolute Gasteiger partial charge is 0.275 e. The molecule has 3 rings (SSSR count). The summed E-state index contributed by atoms with van der Waals surface area (Å²) in [5.41, 5.74) is 1.94. The number of nitrogens with zero attached hydrogens (tertiary/aromatic N) is 2. The molecule has 0 spiro atoms. The fraction of sp³-hybridized carbons (Fsp3) is 0.294. The Morgan fingerprint density at radius 1 is 1.29 bits per heavy atom. The number of aromatic amines is 2. The molecule has 7 heteroatoms. The lowest BCUT2D eigenvalue weighted by atomic mass is 10.2. The molecule has 2 aromatic heterocycles. The summed E-state index contributed by atoms with van der Waals surface area (Å²) in [6.45, 7) is 0.684. The number of hydrogen-bond donors (Lipinski definition) is 3. The Kier molecular flexibility index (Phi) is 5.34. The van der Waals surface area contributed by atoms with Crippen LogP contribution in [0.25, 0.3) is 11.0 Å². The monoisotopic (exact) mass is 344 g/mol. The molecule has 0 aliphatic carbocycles. The second kappa shape index (κ2) is 7.65. The number of aliphatic hydroxyl groups excluding tert-OH is 1. The first-order valence-electron chi connectivity index (χ1n) is 7.71. The van der Waals surface area contributed by atoms with Crippen molar-refractivity contribution in [3.05, 3.63) is 58.8 Å². The SMILES string of the molecule is CN(Cc1c[nH]c2c(=O)[nH]cnc12)[C@@H](CO)CSc1ccccc1. The van der Waals surface area contributed by atoms with Crippen LogP contribution in [-0.4, -0.2) is 50.4 Å². The molecule has 0 saturated heterocycles. The fourth-order valence-electron chi connectivity index (χ4n) is 2.55. The molecule has 0 saturated carbocycles. The van der Waals surface area contributed by atoms with Gasteiger partial charge in [-0.05, 0) is 19.2 Å². The Labute approximate surface area is 143 Å². The van der Waals surface area contributed by atoms with Crippen molar-refractivity contribution in [1.82, 2.24) is 19.9 Å². The zero-order valence-corrected chi connectivity index (χ0v) is 14.2. The van der Waals surface area contributed by atoms with Gasteiger partial charge in [-0.3, -0.25) is 9.69 Å². The number of aromatic nitrogens is 3. The van der Waals surface area contributed by atoms with Crippen LogP contribution in [0.2, 0.25) is 0 Å². The van der Waals surface area contributed by atoms with Crippen molar-refractivity contribution < 1.29 is 5.11 Å². The van der Waals surface area contributed by atoms with Crippen LogP contribution in [0.3, 0.4) is 0 Å². The van der Waals surface area contributed by atoms with Crippen LogP contribution in [-0.2, 0) is 6.54 Å². The van der Waals surface area contributed by atoms with Gasteiger partial charge in [-0.2, -0.15) is 0 Å². The van der Waals surface area contributed by atoms with E-state index in [1.54, 1.807) is 11.8 Å². The van der Waals surface area contributed by atoms with Crippen molar-refractivity contribution in [2.75, 3.05) is 19.4 Å². The van der Waals surface area contributed by atoms with Crippen molar-refractivity contribution in [1.29, 1.82) is 0 Å². The molecule has 126 valence electrons. The zero-order valence-electron chi connectivity index (χ0n) is 13.4.